The van der Waals surface area contributed by atoms with E-state index in [1.165, 1.54) is 18.2 Å². The van der Waals surface area contributed by atoms with Crippen LogP contribution in [0.2, 0.25) is 5.02 Å². The van der Waals surface area contributed by atoms with Gasteiger partial charge in [-0.3, -0.25) is 0 Å². The first kappa shape index (κ1) is 19.4. The minimum atomic E-state index is -0.490. The number of aromatic nitrogens is 3. The first-order valence-electron chi connectivity index (χ1n) is 9.64. The van der Waals surface area contributed by atoms with E-state index in [0.29, 0.717) is 40.0 Å². The minimum Gasteiger partial charge on any atom is -0.363 e. The Morgan fingerprint density at radius 1 is 1.16 bits per heavy atom. The Hall–Kier alpha value is -3.52. The normalized spacial score (nSPS) is 14.0. The fourth-order valence-electron chi connectivity index (χ4n) is 3.72. The molecular weight excluding hydrogens is 422 g/mol. The summed E-state index contributed by atoms with van der Waals surface area (Å²) < 4.78 is 28.6. The van der Waals surface area contributed by atoms with E-state index in [9.17, 15) is 8.78 Å². The van der Waals surface area contributed by atoms with E-state index in [2.05, 4.69) is 30.6 Å². The number of rotatable bonds is 4. The number of para-hydroxylation sites is 1. The van der Waals surface area contributed by atoms with Crippen molar-refractivity contribution >= 4 is 28.3 Å². The zero-order valence-electron chi connectivity index (χ0n) is 16.4. The van der Waals surface area contributed by atoms with Crippen molar-refractivity contribution < 1.29 is 8.78 Å². The van der Waals surface area contributed by atoms with Crippen LogP contribution in [0.1, 0.15) is 18.5 Å². The van der Waals surface area contributed by atoms with Gasteiger partial charge in [-0.15, -0.1) is 0 Å². The SMILES string of the molecule is C[C@H](NC1=c2nc[nH]c2=NCN1)c1cc2cccc(F)c2nc1-c1cc(F)cc(Cl)c1. The van der Waals surface area contributed by atoms with Crippen molar-refractivity contribution in [1.82, 2.24) is 25.6 Å². The number of halogens is 3. The fourth-order valence-corrected chi connectivity index (χ4v) is 3.94. The number of hydrogen-bond acceptors (Lipinski definition) is 5. The molecular formula is C22H17ClF2N6. The van der Waals surface area contributed by atoms with E-state index in [-0.39, 0.29) is 16.6 Å². The van der Waals surface area contributed by atoms with Crippen molar-refractivity contribution in [2.45, 2.75) is 13.0 Å². The largest absolute Gasteiger partial charge is 0.363 e. The minimum absolute atomic E-state index is 0.214. The summed E-state index contributed by atoms with van der Waals surface area (Å²) in [5, 5.41) is 8.14. The highest BCUT2D eigenvalue weighted by Crippen LogP contribution is 2.32. The highest BCUT2D eigenvalue weighted by atomic mass is 35.5. The third-order valence-corrected chi connectivity index (χ3v) is 5.36. The van der Waals surface area contributed by atoms with Gasteiger partial charge in [-0.2, -0.15) is 0 Å². The molecule has 0 amide bonds. The Balaban J connectivity index is 1.68. The quantitative estimate of drug-likeness (QED) is 0.457. The maximum absolute atomic E-state index is 14.5. The van der Waals surface area contributed by atoms with E-state index >= 15 is 0 Å². The van der Waals surface area contributed by atoms with Gasteiger partial charge in [-0.05, 0) is 37.3 Å². The molecule has 1 aliphatic rings. The summed E-state index contributed by atoms with van der Waals surface area (Å²) in [6, 6.07) is 10.5. The molecule has 31 heavy (non-hydrogen) atoms. The number of fused-ring (bicyclic) bond motifs is 2. The van der Waals surface area contributed by atoms with Crippen molar-refractivity contribution in [1.29, 1.82) is 0 Å². The molecule has 1 aliphatic heterocycles. The van der Waals surface area contributed by atoms with Crippen LogP contribution in [-0.2, 0) is 0 Å². The van der Waals surface area contributed by atoms with Crippen molar-refractivity contribution in [2.24, 2.45) is 4.99 Å². The van der Waals surface area contributed by atoms with E-state index in [0.717, 1.165) is 5.56 Å². The molecule has 2 aromatic heterocycles. The van der Waals surface area contributed by atoms with Crippen molar-refractivity contribution in [3.63, 3.8) is 0 Å². The number of hydrogen-bond donors (Lipinski definition) is 3. The van der Waals surface area contributed by atoms with Crippen LogP contribution in [0.4, 0.5) is 8.78 Å². The molecule has 2 aromatic carbocycles. The van der Waals surface area contributed by atoms with Gasteiger partial charge in [0.1, 0.15) is 35.0 Å². The van der Waals surface area contributed by atoms with Crippen LogP contribution >= 0.6 is 11.6 Å². The molecule has 6 nitrogen and oxygen atoms in total. The monoisotopic (exact) mass is 438 g/mol. The van der Waals surface area contributed by atoms with Crippen LogP contribution in [0, 0.1) is 11.6 Å². The van der Waals surface area contributed by atoms with Crippen molar-refractivity contribution in [3.8, 4) is 11.3 Å². The predicted octanol–water partition coefficient (Wildman–Crippen LogP) is 3.15. The lowest BCUT2D eigenvalue weighted by atomic mass is 9.98. The van der Waals surface area contributed by atoms with Gasteiger partial charge < -0.3 is 15.6 Å². The number of benzene rings is 2. The Labute approximate surface area is 180 Å². The van der Waals surface area contributed by atoms with Gasteiger partial charge in [-0.25, -0.2) is 23.7 Å². The highest BCUT2D eigenvalue weighted by molar-refractivity contribution is 6.30. The molecule has 0 spiro atoms. The second kappa shape index (κ2) is 7.63. The predicted molar refractivity (Wildman–Crippen MR) is 114 cm³/mol. The second-order valence-corrected chi connectivity index (χ2v) is 7.67. The summed E-state index contributed by atoms with van der Waals surface area (Å²) in [5.74, 6) is -0.226. The topological polar surface area (TPSA) is 78.0 Å². The van der Waals surface area contributed by atoms with Gasteiger partial charge in [0, 0.05) is 21.5 Å². The number of aromatic amines is 1. The first-order valence-corrected chi connectivity index (χ1v) is 10.0. The number of imidazole rings is 1. The fraction of sp³-hybridized carbons (Fsp3) is 0.136. The summed E-state index contributed by atoms with van der Waals surface area (Å²) in [6.45, 7) is 2.34. The summed E-state index contributed by atoms with van der Waals surface area (Å²) in [5.41, 5.74) is 2.57. The van der Waals surface area contributed by atoms with Crippen LogP contribution in [0.25, 0.3) is 28.0 Å². The van der Waals surface area contributed by atoms with Crippen LogP contribution in [-0.4, -0.2) is 21.6 Å². The molecule has 0 aliphatic carbocycles. The van der Waals surface area contributed by atoms with Gasteiger partial charge in [-0.1, -0.05) is 23.7 Å². The number of nitrogens with zero attached hydrogens (tertiary/aromatic N) is 3. The molecule has 5 rings (SSSR count). The molecule has 0 bridgehead atoms. The first-order chi connectivity index (χ1) is 15.0. The Morgan fingerprint density at radius 2 is 2.03 bits per heavy atom. The average Bonchev–Trinajstić information content (AvgIpc) is 3.22. The lowest BCUT2D eigenvalue weighted by Gasteiger charge is -2.22. The van der Waals surface area contributed by atoms with Crippen LogP contribution in [0.5, 0.6) is 0 Å². The van der Waals surface area contributed by atoms with Crippen LogP contribution in [0.3, 0.4) is 0 Å². The molecule has 4 aromatic rings. The smallest absolute Gasteiger partial charge is 0.158 e. The van der Waals surface area contributed by atoms with E-state index in [1.807, 2.05) is 13.0 Å². The zero-order valence-corrected chi connectivity index (χ0v) is 17.1. The molecule has 9 heteroatoms. The summed E-state index contributed by atoms with van der Waals surface area (Å²) in [6.07, 6.45) is 1.58. The number of H-pyrrole nitrogens is 1. The molecule has 0 radical (unpaired) electrons. The summed E-state index contributed by atoms with van der Waals surface area (Å²) in [7, 11) is 0. The number of nitrogens with one attached hydrogen (secondary N) is 3. The molecule has 3 heterocycles. The van der Waals surface area contributed by atoms with Crippen LogP contribution in [0.15, 0.2) is 53.8 Å². The van der Waals surface area contributed by atoms with Gasteiger partial charge in [0.15, 0.2) is 5.49 Å². The summed E-state index contributed by atoms with van der Waals surface area (Å²) in [4.78, 5) is 16.2. The van der Waals surface area contributed by atoms with Gasteiger partial charge in [0.25, 0.3) is 0 Å². The highest BCUT2D eigenvalue weighted by Gasteiger charge is 2.19. The standard InChI is InChI=1S/C22H17ClF2N6/c1-11(30-22-20-21(27-9-26-20)28-10-29-22)16-7-12-3-2-4-17(25)19(12)31-18(16)13-5-14(23)8-15(24)6-13/h2-9,11,29-30H,10H2,1H3,(H,26,27,28)/t11-/m0/s1. The van der Waals surface area contributed by atoms with Gasteiger partial charge in [0.05, 0.1) is 18.1 Å². The molecule has 3 N–H and O–H groups in total. The van der Waals surface area contributed by atoms with Crippen LogP contribution < -0.4 is 21.5 Å². The Bertz CT molecular complexity index is 1410. The Kier molecular flexibility index (Phi) is 4.78. The molecule has 0 saturated carbocycles. The third kappa shape index (κ3) is 3.59. The Morgan fingerprint density at radius 3 is 2.87 bits per heavy atom. The number of pyridine rings is 1. The van der Waals surface area contributed by atoms with E-state index in [4.69, 9.17) is 11.6 Å². The van der Waals surface area contributed by atoms with Gasteiger partial charge >= 0.3 is 0 Å². The maximum atomic E-state index is 14.5. The van der Waals surface area contributed by atoms with Crippen molar-refractivity contribution in [3.05, 3.63) is 81.8 Å². The molecule has 1 atom stereocenters. The zero-order chi connectivity index (χ0) is 21.5. The maximum Gasteiger partial charge on any atom is 0.158 e. The second-order valence-electron chi connectivity index (χ2n) is 7.23. The van der Waals surface area contributed by atoms with Crippen molar-refractivity contribution in [2.75, 3.05) is 6.67 Å². The van der Waals surface area contributed by atoms with Gasteiger partial charge in [0.2, 0.25) is 0 Å². The van der Waals surface area contributed by atoms with E-state index in [1.54, 1.807) is 24.5 Å². The molecule has 0 saturated heterocycles. The lowest BCUT2D eigenvalue weighted by Crippen LogP contribution is -2.44. The molecule has 0 unspecified atom stereocenters. The van der Waals surface area contributed by atoms with E-state index < -0.39 is 11.6 Å². The summed E-state index contributed by atoms with van der Waals surface area (Å²) >= 11 is 6.09. The average molecular weight is 439 g/mol. The molecule has 0 fully saturated rings. The third-order valence-electron chi connectivity index (χ3n) is 5.14. The lowest BCUT2D eigenvalue weighted by molar-refractivity contribution is 0.627. The molecule has 156 valence electrons.